The summed E-state index contributed by atoms with van der Waals surface area (Å²) in [6, 6.07) is 18.2. The summed E-state index contributed by atoms with van der Waals surface area (Å²) >= 11 is 0. The van der Waals surface area contributed by atoms with Crippen LogP contribution in [0, 0.1) is 18.8 Å². The molecule has 6 N–H and O–H groups in total. The number of aromatic nitrogens is 2. The van der Waals surface area contributed by atoms with E-state index in [-0.39, 0.29) is 42.0 Å². The van der Waals surface area contributed by atoms with Crippen LogP contribution in [0.2, 0.25) is 0 Å². The first-order chi connectivity index (χ1) is 22.5. The number of benzene rings is 3. The minimum atomic E-state index is -1.04. The van der Waals surface area contributed by atoms with Crippen molar-refractivity contribution in [3.63, 3.8) is 0 Å². The molecule has 1 atom stereocenters. The third-order valence-electron chi connectivity index (χ3n) is 8.69. The number of H-pyrrole nitrogens is 1. The van der Waals surface area contributed by atoms with Gasteiger partial charge < -0.3 is 31.4 Å². The third-order valence-corrected chi connectivity index (χ3v) is 8.69. The molecule has 5 rings (SSSR count). The summed E-state index contributed by atoms with van der Waals surface area (Å²) in [5, 5.41) is 20.2. The van der Waals surface area contributed by atoms with Gasteiger partial charge in [0.1, 0.15) is 6.04 Å². The van der Waals surface area contributed by atoms with E-state index in [0.29, 0.717) is 30.6 Å². The maximum absolute atomic E-state index is 13.6. The van der Waals surface area contributed by atoms with E-state index in [1.807, 2.05) is 69.3 Å². The van der Waals surface area contributed by atoms with Crippen LogP contribution in [0.3, 0.4) is 0 Å². The lowest BCUT2D eigenvalue weighted by Gasteiger charge is -2.29. The number of amides is 4. The Labute approximate surface area is 273 Å². The van der Waals surface area contributed by atoms with Gasteiger partial charge in [-0.05, 0) is 105 Å². The Kier molecular flexibility index (Phi) is 10.5. The van der Waals surface area contributed by atoms with Gasteiger partial charge in [0.2, 0.25) is 11.8 Å². The highest BCUT2D eigenvalue weighted by atomic mass is 16.4. The summed E-state index contributed by atoms with van der Waals surface area (Å²) in [4.78, 5) is 57.7. The number of carboxylic acid groups (broad SMARTS) is 1. The van der Waals surface area contributed by atoms with Crippen molar-refractivity contribution in [1.82, 2.24) is 25.9 Å². The van der Waals surface area contributed by atoms with Crippen LogP contribution < -0.4 is 21.3 Å². The number of carbonyl (C=O) groups is 4. The van der Waals surface area contributed by atoms with E-state index in [1.54, 1.807) is 18.5 Å². The monoisotopic (exact) mass is 638 g/mol. The lowest BCUT2D eigenvalue weighted by Crippen LogP contribution is -2.48. The standard InChI is InChI=1S/C36H42N6O5/c1-21(2)40-34(44)27-12-14-29(22(3)16-27)25-8-4-23(5-9-25)17-32(35(45)41-28-13-15-30-31(18-28)39-20-38-30)42-33(43)26-10-6-24(7-11-26)19-37-36(46)47/h4-5,8-9,12-16,18,20-21,24,26,32,37H,6-7,10-11,17,19H2,1-3H3,(H,38,39)(H,40,44)(H,41,45)(H,42,43)(H,46,47)/t24-,26-,32-/m0/s1. The highest BCUT2D eigenvalue weighted by Crippen LogP contribution is 2.29. The summed E-state index contributed by atoms with van der Waals surface area (Å²) in [5.74, 6) is -0.658. The summed E-state index contributed by atoms with van der Waals surface area (Å²) in [6.45, 7) is 6.20. The van der Waals surface area contributed by atoms with Crippen molar-refractivity contribution in [3.05, 3.63) is 83.7 Å². The van der Waals surface area contributed by atoms with Crippen LogP contribution in [0.15, 0.2) is 67.0 Å². The molecule has 4 aromatic rings. The van der Waals surface area contributed by atoms with Gasteiger partial charge in [-0.25, -0.2) is 9.78 Å². The zero-order valence-corrected chi connectivity index (χ0v) is 26.9. The summed E-state index contributed by atoms with van der Waals surface area (Å²) in [5.41, 5.74) is 6.61. The highest BCUT2D eigenvalue weighted by molar-refractivity contribution is 5.99. The zero-order chi connectivity index (χ0) is 33.5. The van der Waals surface area contributed by atoms with Crippen LogP contribution in [0.5, 0.6) is 0 Å². The second-order valence-corrected chi connectivity index (χ2v) is 12.6. The molecule has 246 valence electrons. The number of anilines is 1. The van der Waals surface area contributed by atoms with Gasteiger partial charge in [0, 0.05) is 36.2 Å². The van der Waals surface area contributed by atoms with Gasteiger partial charge in [-0.1, -0.05) is 30.3 Å². The number of nitrogens with one attached hydrogen (secondary N) is 5. The van der Waals surface area contributed by atoms with Crippen molar-refractivity contribution in [2.24, 2.45) is 11.8 Å². The summed E-state index contributed by atoms with van der Waals surface area (Å²) in [6.07, 6.45) is 3.58. The number of aromatic amines is 1. The quantitative estimate of drug-likeness (QED) is 0.128. The first-order valence-electron chi connectivity index (χ1n) is 16.1. The normalized spacial score (nSPS) is 16.8. The van der Waals surface area contributed by atoms with Gasteiger partial charge in [0.25, 0.3) is 5.91 Å². The fraction of sp³-hybridized carbons (Fsp3) is 0.361. The highest BCUT2D eigenvalue weighted by Gasteiger charge is 2.30. The molecule has 0 aliphatic heterocycles. The van der Waals surface area contributed by atoms with Crippen molar-refractivity contribution in [3.8, 4) is 11.1 Å². The lowest BCUT2D eigenvalue weighted by atomic mass is 9.81. The average Bonchev–Trinajstić information content (AvgIpc) is 3.52. The molecule has 1 saturated carbocycles. The molecule has 1 heterocycles. The number of rotatable bonds is 11. The predicted molar refractivity (Wildman–Crippen MR) is 181 cm³/mol. The van der Waals surface area contributed by atoms with Crippen LogP contribution in [-0.2, 0) is 16.0 Å². The van der Waals surface area contributed by atoms with Crippen LogP contribution in [0.1, 0.15) is 61.0 Å². The van der Waals surface area contributed by atoms with Crippen molar-refractivity contribution < 1.29 is 24.3 Å². The Morgan fingerprint density at radius 1 is 0.936 bits per heavy atom. The molecular formula is C36H42N6O5. The first kappa shape index (κ1) is 33.2. The van der Waals surface area contributed by atoms with Crippen molar-refractivity contribution in [2.75, 3.05) is 11.9 Å². The van der Waals surface area contributed by atoms with Crippen molar-refractivity contribution in [2.45, 2.75) is 65.0 Å². The molecule has 0 saturated heterocycles. The summed E-state index contributed by atoms with van der Waals surface area (Å²) < 4.78 is 0. The molecule has 1 fully saturated rings. The molecular weight excluding hydrogens is 596 g/mol. The van der Waals surface area contributed by atoms with E-state index in [2.05, 4.69) is 31.2 Å². The number of aryl methyl sites for hydroxylation is 1. The Hall–Kier alpha value is -5.19. The molecule has 11 nitrogen and oxygen atoms in total. The molecule has 3 aromatic carbocycles. The van der Waals surface area contributed by atoms with Crippen LogP contribution in [-0.4, -0.2) is 57.5 Å². The fourth-order valence-electron chi connectivity index (χ4n) is 6.13. The van der Waals surface area contributed by atoms with Crippen LogP contribution in [0.25, 0.3) is 22.2 Å². The van der Waals surface area contributed by atoms with Crippen LogP contribution in [0.4, 0.5) is 10.5 Å². The van der Waals surface area contributed by atoms with E-state index >= 15 is 0 Å². The molecule has 1 aromatic heterocycles. The smallest absolute Gasteiger partial charge is 0.404 e. The maximum atomic E-state index is 13.6. The molecule has 47 heavy (non-hydrogen) atoms. The van der Waals surface area contributed by atoms with Gasteiger partial charge in [-0.3, -0.25) is 14.4 Å². The number of fused-ring (bicyclic) bond motifs is 1. The lowest BCUT2D eigenvalue weighted by molar-refractivity contribution is -0.130. The number of hydrogen-bond donors (Lipinski definition) is 6. The number of imidazole rings is 1. The fourth-order valence-corrected chi connectivity index (χ4v) is 6.13. The van der Waals surface area contributed by atoms with Crippen molar-refractivity contribution >= 4 is 40.5 Å². The van der Waals surface area contributed by atoms with Gasteiger partial charge in [0.15, 0.2) is 0 Å². The van der Waals surface area contributed by atoms with E-state index in [4.69, 9.17) is 5.11 Å². The van der Waals surface area contributed by atoms with E-state index in [1.165, 1.54) is 0 Å². The second-order valence-electron chi connectivity index (χ2n) is 12.6. The first-order valence-corrected chi connectivity index (χ1v) is 16.1. The van der Waals surface area contributed by atoms with Crippen LogP contribution >= 0.6 is 0 Å². The van der Waals surface area contributed by atoms with Crippen molar-refractivity contribution in [1.29, 1.82) is 0 Å². The maximum Gasteiger partial charge on any atom is 0.404 e. The minimum Gasteiger partial charge on any atom is -0.465 e. The molecule has 0 spiro atoms. The Balaban J connectivity index is 1.29. The van der Waals surface area contributed by atoms with E-state index < -0.39 is 12.1 Å². The molecule has 0 radical (unpaired) electrons. The molecule has 11 heteroatoms. The van der Waals surface area contributed by atoms with E-state index in [9.17, 15) is 19.2 Å². The Morgan fingerprint density at radius 3 is 2.36 bits per heavy atom. The van der Waals surface area contributed by atoms with Gasteiger partial charge >= 0.3 is 6.09 Å². The predicted octanol–water partition coefficient (Wildman–Crippen LogP) is 5.42. The summed E-state index contributed by atoms with van der Waals surface area (Å²) in [7, 11) is 0. The third kappa shape index (κ3) is 8.75. The molecule has 1 aliphatic rings. The number of carbonyl (C=O) groups excluding carboxylic acids is 3. The Morgan fingerprint density at radius 2 is 1.68 bits per heavy atom. The zero-order valence-electron chi connectivity index (χ0n) is 26.9. The molecule has 0 unspecified atom stereocenters. The molecule has 0 bridgehead atoms. The molecule has 4 amide bonds. The average molecular weight is 639 g/mol. The Bertz CT molecular complexity index is 1740. The number of nitrogens with zero attached hydrogens (tertiary/aromatic N) is 1. The number of hydrogen-bond acceptors (Lipinski definition) is 5. The minimum absolute atomic E-state index is 0.0498. The molecule has 1 aliphatic carbocycles. The van der Waals surface area contributed by atoms with Gasteiger partial charge in [-0.15, -0.1) is 0 Å². The van der Waals surface area contributed by atoms with E-state index in [0.717, 1.165) is 46.1 Å². The van der Waals surface area contributed by atoms with Gasteiger partial charge in [0.05, 0.1) is 17.4 Å². The largest absolute Gasteiger partial charge is 0.465 e. The SMILES string of the molecule is Cc1cc(C(=O)NC(C)C)ccc1-c1ccc(C[C@H](NC(=O)[C@H]2CC[C@H](CNC(=O)O)CC2)C(=O)Nc2ccc3nc[nH]c3c2)cc1. The second kappa shape index (κ2) is 14.9. The topological polar surface area (TPSA) is 165 Å². The van der Waals surface area contributed by atoms with Gasteiger partial charge in [-0.2, -0.15) is 0 Å².